The molecule has 0 atom stereocenters. The average Bonchev–Trinajstić information content (AvgIpc) is 2.21. The van der Waals surface area contributed by atoms with Crippen LogP contribution in [0.5, 0.6) is 0 Å². The van der Waals surface area contributed by atoms with Crippen LogP contribution in [0.3, 0.4) is 0 Å². The number of hydrogen-bond donors (Lipinski definition) is 3. The van der Waals surface area contributed by atoms with Gasteiger partial charge in [0.05, 0.1) is 12.9 Å². The molecule has 0 saturated carbocycles. The fourth-order valence-corrected chi connectivity index (χ4v) is 0.834. The highest BCUT2D eigenvalue weighted by Gasteiger charge is 2.04. The van der Waals surface area contributed by atoms with E-state index in [1.54, 1.807) is 0 Å². The molecule has 0 fully saturated rings. The molecule has 5 nitrogen and oxygen atoms in total. The number of anilines is 2. The third kappa shape index (κ3) is 2.77. The molecule has 0 aliphatic carbocycles. The van der Waals surface area contributed by atoms with Crippen molar-refractivity contribution in [2.45, 2.75) is 6.42 Å². The smallest absolute Gasteiger partial charge is 0.239 e. The van der Waals surface area contributed by atoms with Gasteiger partial charge in [-0.3, -0.25) is 9.82 Å². The van der Waals surface area contributed by atoms with Crippen LogP contribution < -0.4 is 16.6 Å². The zero-order chi connectivity index (χ0) is 10.4. The molecule has 14 heavy (non-hydrogen) atoms. The summed E-state index contributed by atoms with van der Waals surface area (Å²) in [6.07, 6.45) is 1.29. The Kier molecular flexibility index (Phi) is 3.99. The fraction of sp³-hybridized carbons (Fsp3) is 0.429. The number of alkyl halides is 1. The zero-order valence-corrected chi connectivity index (χ0v) is 7.43. The van der Waals surface area contributed by atoms with E-state index in [4.69, 9.17) is 5.84 Å². The third-order valence-corrected chi connectivity index (χ3v) is 1.48. The molecule has 0 aliphatic rings. The lowest BCUT2D eigenvalue weighted by atomic mass is 10.4. The first kappa shape index (κ1) is 10.6. The van der Waals surface area contributed by atoms with Gasteiger partial charge in [-0.1, -0.05) is 0 Å². The number of aromatic nitrogens is 2. The van der Waals surface area contributed by atoms with Crippen molar-refractivity contribution < 1.29 is 8.78 Å². The largest absolute Gasteiger partial charge is 0.367 e. The van der Waals surface area contributed by atoms with Gasteiger partial charge in [0.2, 0.25) is 5.95 Å². The van der Waals surface area contributed by atoms with Crippen LogP contribution >= 0.6 is 0 Å². The maximum atomic E-state index is 13.0. The molecule has 7 heteroatoms. The van der Waals surface area contributed by atoms with Crippen molar-refractivity contribution >= 4 is 11.8 Å². The van der Waals surface area contributed by atoms with Crippen molar-refractivity contribution in [1.82, 2.24) is 9.97 Å². The minimum absolute atomic E-state index is 0.0152. The summed E-state index contributed by atoms with van der Waals surface area (Å²) in [5, 5.41) is 2.63. The van der Waals surface area contributed by atoms with Crippen LogP contribution in [0.4, 0.5) is 20.5 Å². The SMILES string of the molecule is NNc1ncc(F)c(NCCCF)n1. The van der Waals surface area contributed by atoms with Crippen molar-refractivity contribution in [2.24, 2.45) is 5.84 Å². The normalized spacial score (nSPS) is 9.93. The summed E-state index contributed by atoms with van der Waals surface area (Å²) in [7, 11) is 0. The molecule has 0 saturated heterocycles. The van der Waals surface area contributed by atoms with Crippen LogP contribution in [0.25, 0.3) is 0 Å². The Hall–Kier alpha value is -1.50. The lowest BCUT2D eigenvalue weighted by Crippen LogP contribution is -2.13. The van der Waals surface area contributed by atoms with E-state index >= 15 is 0 Å². The van der Waals surface area contributed by atoms with Gasteiger partial charge in [0.1, 0.15) is 0 Å². The van der Waals surface area contributed by atoms with E-state index in [0.717, 1.165) is 6.20 Å². The Morgan fingerprint density at radius 3 is 2.93 bits per heavy atom. The van der Waals surface area contributed by atoms with E-state index in [0.29, 0.717) is 13.0 Å². The molecule has 0 aliphatic heterocycles. The number of hydrazine groups is 1. The fourth-order valence-electron chi connectivity index (χ4n) is 0.834. The number of nitrogen functional groups attached to an aromatic ring is 1. The predicted octanol–water partition coefficient (Wildman–Crippen LogP) is 0.673. The number of halogens is 2. The summed E-state index contributed by atoms with van der Waals surface area (Å²) in [6, 6.07) is 0. The highest BCUT2D eigenvalue weighted by atomic mass is 19.1. The molecule has 0 bridgehead atoms. The quantitative estimate of drug-likeness (QED) is 0.372. The molecule has 0 radical (unpaired) electrons. The van der Waals surface area contributed by atoms with Crippen LogP contribution in [0.2, 0.25) is 0 Å². The molecule has 78 valence electrons. The number of hydrogen-bond acceptors (Lipinski definition) is 5. The molecule has 0 unspecified atom stereocenters. The van der Waals surface area contributed by atoms with Crippen LogP contribution in [-0.2, 0) is 0 Å². The monoisotopic (exact) mass is 203 g/mol. The summed E-state index contributed by atoms with van der Waals surface area (Å²) >= 11 is 0. The van der Waals surface area contributed by atoms with Gasteiger partial charge in [0, 0.05) is 6.54 Å². The molecule has 1 aromatic heterocycles. The van der Waals surface area contributed by atoms with Crippen molar-refractivity contribution in [3.8, 4) is 0 Å². The first-order chi connectivity index (χ1) is 6.77. The lowest BCUT2D eigenvalue weighted by Gasteiger charge is -2.06. The minimum Gasteiger partial charge on any atom is -0.367 e. The van der Waals surface area contributed by atoms with Gasteiger partial charge in [0.15, 0.2) is 11.6 Å². The minimum atomic E-state index is -0.595. The Bertz CT molecular complexity index is 293. The number of nitrogens with two attached hydrogens (primary N) is 1. The standard InChI is InChI=1S/C7H11F2N5/c8-2-1-3-11-6-5(9)4-12-7(13-6)14-10/h4H,1-3,10H2,(H2,11,12,13,14). The van der Waals surface area contributed by atoms with Gasteiger partial charge in [-0.2, -0.15) is 4.98 Å². The molecule has 1 aromatic rings. The van der Waals surface area contributed by atoms with Crippen LogP contribution in [0, 0.1) is 5.82 Å². The Morgan fingerprint density at radius 2 is 2.29 bits per heavy atom. The lowest BCUT2D eigenvalue weighted by molar-refractivity contribution is 0.480. The molecular weight excluding hydrogens is 192 g/mol. The van der Waals surface area contributed by atoms with E-state index in [2.05, 4.69) is 20.7 Å². The molecule has 0 aromatic carbocycles. The van der Waals surface area contributed by atoms with Crippen LogP contribution in [0.1, 0.15) is 6.42 Å². The van der Waals surface area contributed by atoms with Gasteiger partial charge >= 0.3 is 0 Å². The molecule has 0 spiro atoms. The molecule has 1 rings (SSSR count). The second-order valence-electron chi connectivity index (χ2n) is 2.50. The van der Waals surface area contributed by atoms with Gasteiger partial charge in [-0.25, -0.2) is 15.2 Å². The molecule has 0 amide bonds. The van der Waals surface area contributed by atoms with Gasteiger partial charge in [0.25, 0.3) is 0 Å². The second-order valence-corrected chi connectivity index (χ2v) is 2.50. The zero-order valence-electron chi connectivity index (χ0n) is 7.43. The van der Waals surface area contributed by atoms with E-state index in [9.17, 15) is 8.78 Å². The van der Waals surface area contributed by atoms with E-state index in [1.807, 2.05) is 0 Å². The summed E-state index contributed by atoms with van der Waals surface area (Å²) in [4.78, 5) is 7.26. The number of nitrogens with zero attached hydrogens (tertiary/aromatic N) is 2. The Labute approximate surface area is 79.7 Å². The summed E-state index contributed by atoms with van der Waals surface area (Å²) < 4.78 is 24.7. The van der Waals surface area contributed by atoms with E-state index < -0.39 is 12.5 Å². The molecule has 1 heterocycles. The molecular formula is C7H11F2N5. The van der Waals surface area contributed by atoms with Gasteiger partial charge < -0.3 is 5.32 Å². The highest BCUT2D eigenvalue weighted by Crippen LogP contribution is 2.10. The number of nitrogens with one attached hydrogen (secondary N) is 2. The van der Waals surface area contributed by atoms with Crippen molar-refractivity contribution in [2.75, 3.05) is 24.0 Å². The average molecular weight is 203 g/mol. The van der Waals surface area contributed by atoms with Gasteiger partial charge in [-0.05, 0) is 6.42 Å². The van der Waals surface area contributed by atoms with E-state index in [1.165, 1.54) is 0 Å². The van der Waals surface area contributed by atoms with Crippen molar-refractivity contribution in [3.63, 3.8) is 0 Å². The van der Waals surface area contributed by atoms with Crippen LogP contribution in [0.15, 0.2) is 6.20 Å². The number of rotatable bonds is 5. The van der Waals surface area contributed by atoms with Crippen molar-refractivity contribution in [3.05, 3.63) is 12.0 Å². The second kappa shape index (κ2) is 5.28. The summed E-state index contributed by atoms with van der Waals surface area (Å²) in [5.74, 6) is 4.56. The first-order valence-corrected chi connectivity index (χ1v) is 4.07. The van der Waals surface area contributed by atoms with Crippen molar-refractivity contribution in [1.29, 1.82) is 0 Å². The Balaban J connectivity index is 2.64. The predicted molar refractivity (Wildman–Crippen MR) is 48.9 cm³/mol. The topological polar surface area (TPSA) is 75.9 Å². The maximum Gasteiger partial charge on any atom is 0.239 e. The highest BCUT2D eigenvalue weighted by molar-refractivity contribution is 5.40. The van der Waals surface area contributed by atoms with E-state index in [-0.39, 0.29) is 11.8 Å². The third-order valence-electron chi connectivity index (χ3n) is 1.48. The maximum absolute atomic E-state index is 13.0. The Morgan fingerprint density at radius 1 is 1.50 bits per heavy atom. The van der Waals surface area contributed by atoms with Gasteiger partial charge in [-0.15, -0.1) is 0 Å². The summed E-state index contributed by atoms with van der Waals surface area (Å²) in [5.41, 5.74) is 2.18. The first-order valence-electron chi connectivity index (χ1n) is 4.07. The molecule has 4 N–H and O–H groups in total. The van der Waals surface area contributed by atoms with Crippen LogP contribution in [-0.4, -0.2) is 23.2 Å². The summed E-state index contributed by atoms with van der Waals surface area (Å²) in [6.45, 7) is -0.143.